The molecule has 0 saturated carbocycles. The van der Waals surface area contributed by atoms with Gasteiger partial charge in [-0.3, -0.25) is 4.79 Å². The van der Waals surface area contributed by atoms with E-state index in [1.54, 1.807) is 11.3 Å². The molecule has 5 heteroatoms. The van der Waals surface area contributed by atoms with Gasteiger partial charge in [0.05, 0.1) is 22.3 Å². The number of carbonyl (C=O) groups excluding carboxylic acids is 1. The van der Waals surface area contributed by atoms with Crippen molar-refractivity contribution in [2.75, 3.05) is 0 Å². The molecule has 0 amide bonds. The Labute approximate surface area is 131 Å². The number of rotatable bonds is 1. The Morgan fingerprint density at radius 2 is 1.73 bits per heavy atom. The fourth-order valence-corrected chi connectivity index (χ4v) is 3.66. The standard InChI is InChI=1S/C17H13N3OS/c1-20-14-8-4-5-9-16(14)22-17(20)19-18-13-10-15(21)12-7-3-2-6-11(12)13/h2-9H,10H2,1H3/b18-13+,19-17-. The Kier molecular flexibility index (Phi) is 3.01. The van der Waals surface area contributed by atoms with Gasteiger partial charge in [0, 0.05) is 18.2 Å². The normalized spacial score (nSPS) is 16.7. The van der Waals surface area contributed by atoms with Crippen LogP contribution in [0.1, 0.15) is 22.3 Å². The molecule has 0 fully saturated rings. The smallest absolute Gasteiger partial charge is 0.211 e. The van der Waals surface area contributed by atoms with Crippen LogP contribution in [0.15, 0.2) is 58.7 Å². The van der Waals surface area contributed by atoms with Gasteiger partial charge in [-0.15, -0.1) is 5.10 Å². The van der Waals surface area contributed by atoms with Gasteiger partial charge in [0.2, 0.25) is 4.80 Å². The second-order valence-corrected chi connectivity index (χ2v) is 6.21. The highest BCUT2D eigenvalue weighted by atomic mass is 32.1. The Hall–Kier alpha value is -2.53. The second-order valence-electron chi connectivity index (χ2n) is 5.20. The summed E-state index contributed by atoms with van der Waals surface area (Å²) >= 11 is 1.59. The first-order valence-electron chi connectivity index (χ1n) is 7.02. The van der Waals surface area contributed by atoms with Crippen molar-refractivity contribution >= 4 is 33.0 Å². The van der Waals surface area contributed by atoms with Crippen LogP contribution >= 0.6 is 11.3 Å². The van der Waals surface area contributed by atoms with E-state index in [4.69, 9.17) is 0 Å². The molecule has 1 aliphatic carbocycles. The zero-order valence-electron chi connectivity index (χ0n) is 12.0. The van der Waals surface area contributed by atoms with Crippen molar-refractivity contribution in [1.29, 1.82) is 0 Å². The van der Waals surface area contributed by atoms with Crippen LogP contribution in [0.2, 0.25) is 0 Å². The number of carbonyl (C=O) groups is 1. The lowest BCUT2D eigenvalue weighted by atomic mass is 10.1. The lowest BCUT2D eigenvalue weighted by Crippen LogP contribution is -2.09. The molecule has 0 radical (unpaired) electrons. The number of nitrogens with zero attached hydrogens (tertiary/aromatic N) is 3. The third-order valence-electron chi connectivity index (χ3n) is 3.84. The van der Waals surface area contributed by atoms with Crippen molar-refractivity contribution in [2.24, 2.45) is 17.3 Å². The Morgan fingerprint density at radius 1 is 1.00 bits per heavy atom. The molecule has 0 spiro atoms. The summed E-state index contributed by atoms with van der Waals surface area (Å²) in [6, 6.07) is 15.7. The minimum absolute atomic E-state index is 0.116. The Morgan fingerprint density at radius 3 is 2.55 bits per heavy atom. The van der Waals surface area contributed by atoms with Crippen LogP contribution < -0.4 is 4.80 Å². The zero-order valence-corrected chi connectivity index (χ0v) is 12.8. The molecule has 1 heterocycles. The zero-order chi connectivity index (χ0) is 15.1. The lowest BCUT2D eigenvalue weighted by Gasteiger charge is -1.95. The summed E-state index contributed by atoms with van der Waals surface area (Å²) in [5.74, 6) is 0.116. The van der Waals surface area contributed by atoms with E-state index < -0.39 is 0 Å². The highest BCUT2D eigenvalue weighted by Crippen LogP contribution is 2.22. The highest BCUT2D eigenvalue weighted by Gasteiger charge is 2.24. The van der Waals surface area contributed by atoms with E-state index in [9.17, 15) is 4.79 Å². The maximum absolute atomic E-state index is 12.0. The third kappa shape index (κ3) is 2.02. The number of Topliss-reactive ketones (excluding diaryl/α,β-unsaturated/α-hetero) is 1. The molecule has 1 aliphatic rings. The van der Waals surface area contributed by atoms with Gasteiger partial charge in [0.25, 0.3) is 0 Å². The predicted octanol–water partition coefficient (Wildman–Crippen LogP) is 3.13. The average molecular weight is 307 g/mol. The summed E-state index contributed by atoms with van der Waals surface area (Å²) in [5, 5.41) is 8.73. The summed E-state index contributed by atoms with van der Waals surface area (Å²) in [4.78, 5) is 12.8. The van der Waals surface area contributed by atoms with Crippen LogP contribution in [0.4, 0.5) is 0 Å². The molecule has 108 valence electrons. The molecule has 0 N–H and O–H groups in total. The molecule has 0 atom stereocenters. The average Bonchev–Trinajstić information content (AvgIpc) is 3.04. The van der Waals surface area contributed by atoms with Crippen LogP contribution in [0.5, 0.6) is 0 Å². The second kappa shape index (κ2) is 5.03. The number of hydrogen-bond donors (Lipinski definition) is 0. The Balaban J connectivity index is 1.84. The van der Waals surface area contributed by atoms with Crippen molar-refractivity contribution in [3.8, 4) is 0 Å². The number of para-hydroxylation sites is 1. The quantitative estimate of drug-likeness (QED) is 0.637. The first-order valence-corrected chi connectivity index (χ1v) is 7.83. The van der Waals surface area contributed by atoms with Crippen molar-refractivity contribution < 1.29 is 4.79 Å². The Bertz CT molecular complexity index is 994. The van der Waals surface area contributed by atoms with Crippen molar-refractivity contribution in [2.45, 2.75) is 6.42 Å². The number of aromatic nitrogens is 1. The van der Waals surface area contributed by atoms with Gasteiger partial charge >= 0.3 is 0 Å². The summed E-state index contributed by atoms with van der Waals surface area (Å²) in [6.07, 6.45) is 0.331. The number of ketones is 1. The SMILES string of the molecule is Cn1/c(=N/N=C2\CC(=O)c3ccccc32)sc2ccccc21. The van der Waals surface area contributed by atoms with Crippen LogP contribution in [-0.2, 0) is 7.05 Å². The first-order chi connectivity index (χ1) is 10.7. The molecule has 0 aliphatic heterocycles. The lowest BCUT2D eigenvalue weighted by molar-refractivity contribution is 0.101. The number of thiazole rings is 1. The molecule has 4 rings (SSSR count). The number of hydrogen-bond acceptors (Lipinski definition) is 4. The van der Waals surface area contributed by atoms with Crippen LogP contribution in [0.3, 0.4) is 0 Å². The van der Waals surface area contributed by atoms with E-state index >= 15 is 0 Å². The van der Waals surface area contributed by atoms with Gasteiger partial charge in [0.15, 0.2) is 5.78 Å². The summed E-state index contributed by atoms with van der Waals surface area (Å²) in [6.45, 7) is 0. The molecule has 22 heavy (non-hydrogen) atoms. The van der Waals surface area contributed by atoms with E-state index in [0.29, 0.717) is 6.42 Å². The molecule has 1 aromatic heterocycles. The number of aryl methyl sites for hydroxylation is 1. The third-order valence-corrected chi connectivity index (χ3v) is 4.94. The van der Waals surface area contributed by atoms with Crippen molar-refractivity contribution in [3.05, 3.63) is 64.5 Å². The molecule has 4 nitrogen and oxygen atoms in total. The molecule has 0 unspecified atom stereocenters. The molecule has 3 aromatic rings. The van der Waals surface area contributed by atoms with Gasteiger partial charge in [-0.2, -0.15) is 5.10 Å². The van der Waals surface area contributed by atoms with Crippen LogP contribution in [-0.4, -0.2) is 16.1 Å². The first kappa shape index (κ1) is 13.2. The maximum Gasteiger partial charge on any atom is 0.211 e. The van der Waals surface area contributed by atoms with Crippen molar-refractivity contribution in [1.82, 2.24) is 4.57 Å². The van der Waals surface area contributed by atoms with Gasteiger partial charge in [-0.1, -0.05) is 47.7 Å². The predicted molar refractivity (Wildman–Crippen MR) is 88.3 cm³/mol. The van der Waals surface area contributed by atoms with Crippen LogP contribution in [0.25, 0.3) is 10.2 Å². The van der Waals surface area contributed by atoms with E-state index in [2.05, 4.69) is 22.3 Å². The fourth-order valence-electron chi connectivity index (χ4n) is 2.69. The number of fused-ring (bicyclic) bond motifs is 2. The molecule has 2 aromatic carbocycles. The minimum Gasteiger partial charge on any atom is -0.318 e. The van der Waals surface area contributed by atoms with E-state index in [1.165, 1.54) is 4.70 Å². The molecule has 0 bridgehead atoms. The fraction of sp³-hybridized carbons (Fsp3) is 0.118. The molecule has 0 saturated heterocycles. The monoisotopic (exact) mass is 307 g/mol. The van der Waals surface area contributed by atoms with E-state index in [0.717, 1.165) is 27.2 Å². The summed E-state index contributed by atoms with van der Waals surface area (Å²) in [7, 11) is 1.98. The minimum atomic E-state index is 0.116. The maximum atomic E-state index is 12.0. The topological polar surface area (TPSA) is 46.7 Å². The van der Waals surface area contributed by atoms with Gasteiger partial charge in [0.1, 0.15) is 0 Å². The number of benzene rings is 2. The molecular weight excluding hydrogens is 294 g/mol. The van der Waals surface area contributed by atoms with Gasteiger partial charge in [-0.25, -0.2) is 0 Å². The molecular formula is C17H13N3OS. The van der Waals surface area contributed by atoms with E-state index in [-0.39, 0.29) is 5.78 Å². The van der Waals surface area contributed by atoms with Crippen LogP contribution in [0, 0.1) is 0 Å². The van der Waals surface area contributed by atoms with E-state index in [1.807, 2.05) is 48.0 Å². The largest absolute Gasteiger partial charge is 0.318 e. The van der Waals surface area contributed by atoms with Gasteiger partial charge < -0.3 is 4.57 Å². The highest BCUT2D eigenvalue weighted by molar-refractivity contribution is 7.16. The summed E-state index contributed by atoms with van der Waals surface area (Å²) < 4.78 is 3.19. The van der Waals surface area contributed by atoms with Gasteiger partial charge in [-0.05, 0) is 12.1 Å². The summed E-state index contributed by atoms with van der Waals surface area (Å²) in [5.41, 5.74) is 3.53. The van der Waals surface area contributed by atoms with Crippen molar-refractivity contribution in [3.63, 3.8) is 0 Å².